The maximum atomic E-state index is 11.7. The average molecular weight is 252 g/mol. The lowest BCUT2D eigenvalue weighted by atomic mass is 9.94. The number of ether oxygens (including phenoxy) is 1. The quantitative estimate of drug-likeness (QED) is 0.807. The molecule has 0 fully saturated rings. The van der Waals surface area contributed by atoms with Crippen LogP contribution in [0.4, 0.5) is 0 Å². The van der Waals surface area contributed by atoms with Gasteiger partial charge >= 0.3 is 0 Å². The first-order valence-corrected chi connectivity index (χ1v) is 5.77. The van der Waals surface area contributed by atoms with Crippen molar-refractivity contribution in [3.05, 3.63) is 28.8 Å². The van der Waals surface area contributed by atoms with E-state index in [0.717, 1.165) is 6.42 Å². The molecule has 0 spiro atoms. The Morgan fingerprint density at radius 3 is 2.76 bits per heavy atom. The van der Waals surface area contributed by atoms with Crippen LogP contribution in [-0.4, -0.2) is 12.9 Å². The molecule has 17 heavy (non-hydrogen) atoms. The van der Waals surface area contributed by atoms with E-state index in [1.807, 2.05) is 13.0 Å². The van der Waals surface area contributed by atoms with Crippen molar-refractivity contribution in [3.8, 4) is 11.8 Å². The fourth-order valence-electron chi connectivity index (χ4n) is 1.59. The summed E-state index contributed by atoms with van der Waals surface area (Å²) in [5, 5.41) is 9.46. The Labute approximate surface area is 106 Å². The van der Waals surface area contributed by atoms with E-state index in [4.69, 9.17) is 21.6 Å². The Bertz CT molecular complexity index is 451. The molecule has 3 nitrogen and oxygen atoms in total. The molecule has 1 aromatic carbocycles. The second-order valence-electron chi connectivity index (χ2n) is 3.67. The molecule has 0 heterocycles. The fraction of sp³-hybridized carbons (Fsp3) is 0.385. The Morgan fingerprint density at radius 1 is 1.59 bits per heavy atom. The van der Waals surface area contributed by atoms with Crippen molar-refractivity contribution in [2.45, 2.75) is 25.7 Å². The number of carbonyl (C=O) groups is 1. The SMILES string of the molecule is CCCC(=O)C(C#N)c1ccc(OC)c(Cl)c1. The number of Topliss-reactive ketones (excluding diaryl/α,β-unsaturated/α-hetero) is 1. The maximum Gasteiger partial charge on any atom is 0.154 e. The molecule has 0 bridgehead atoms. The highest BCUT2D eigenvalue weighted by molar-refractivity contribution is 6.32. The van der Waals surface area contributed by atoms with Crippen molar-refractivity contribution < 1.29 is 9.53 Å². The number of hydrogen-bond acceptors (Lipinski definition) is 3. The molecule has 0 aliphatic rings. The summed E-state index contributed by atoms with van der Waals surface area (Å²) in [5.41, 5.74) is 0.622. The summed E-state index contributed by atoms with van der Waals surface area (Å²) >= 11 is 5.97. The molecule has 0 aliphatic carbocycles. The van der Waals surface area contributed by atoms with Crippen LogP contribution in [0.2, 0.25) is 5.02 Å². The van der Waals surface area contributed by atoms with Gasteiger partial charge in [-0.1, -0.05) is 24.6 Å². The lowest BCUT2D eigenvalue weighted by Gasteiger charge is -2.10. The number of nitriles is 1. The van der Waals surface area contributed by atoms with Crippen molar-refractivity contribution in [2.24, 2.45) is 0 Å². The van der Waals surface area contributed by atoms with Crippen LogP contribution < -0.4 is 4.74 Å². The van der Waals surface area contributed by atoms with Crippen LogP contribution in [-0.2, 0) is 4.79 Å². The first-order chi connectivity index (χ1) is 8.13. The van der Waals surface area contributed by atoms with E-state index in [0.29, 0.717) is 22.8 Å². The highest BCUT2D eigenvalue weighted by atomic mass is 35.5. The molecule has 1 atom stereocenters. The third kappa shape index (κ3) is 3.21. The average Bonchev–Trinajstić information content (AvgIpc) is 2.30. The number of hydrogen-bond donors (Lipinski definition) is 0. The number of rotatable bonds is 5. The lowest BCUT2D eigenvalue weighted by Crippen LogP contribution is -2.10. The Morgan fingerprint density at radius 2 is 2.29 bits per heavy atom. The van der Waals surface area contributed by atoms with Gasteiger partial charge in [-0.2, -0.15) is 5.26 Å². The summed E-state index contributed by atoms with van der Waals surface area (Å²) in [6.45, 7) is 1.91. The molecule has 0 saturated heterocycles. The fourth-order valence-corrected chi connectivity index (χ4v) is 1.85. The van der Waals surface area contributed by atoms with E-state index in [9.17, 15) is 4.79 Å². The summed E-state index contributed by atoms with van der Waals surface area (Å²) in [5.74, 6) is -0.273. The number of nitrogens with zero attached hydrogens (tertiary/aromatic N) is 1. The zero-order valence-corrected chi connectivity index (χ0v) is 10.6. The van der Waals surface area contributed by atoms with Crippen molar-refractivity contribution in [2.75, 3.05) is 7.11 Å². The van der Waals surface area contributed by atoms with Gasteiger partial charge in [-0.3, -0.25) is 4.79 Å². The van der Waals surface area contributed by atoms with Crippen molar-refractivity contribution >= 4 is 17.4 Å². The number of benzene rings is 1. The van der Waals surface area contributed by atoms with Gasteiger partial charge in [0.2, 0.25) is 0 Å². The standard InChI is InChI=1S/C13H14ClNO2/c1-3-4-12(16)10(8-15)9-5-6-13(17-2)11(14)7-9/h5-7,10H,3-4H2,1-2H3. The Kier molecular flexibility index (Phi) is 4.99. The van der Waals surface area contributed by atoms with E-state index in [1.54, 1.807) is 18.2 Å². The molecule has 0 saturated carbocycles. The molecule has 1 rings (SSSR count). The molecular formula is C13H14ClNO2. The van der Waals surface area contributed by atoms with Crippen LogP contribution in [0.3, 0.4) is 0 Å². The molecule has 1 aromatic rings. The minimum Gasteiger partial charge on any atom is -0.495 e. The van der Waals surface area contributed by atoms with Gasteiger partial charge in [0, 0.05) is 6.42 Å². The lowest BCUT2D eigenvalue weighted by molar-refractivity contribution is -0.119. The number of methoxy groups -OCH3 is 1. The van der Waals surface area contributed by atoms with E-state index in [-0.39, 0.29) is 5.78 Å². The van der Waals surface area contributed by atoms with Gasteiger partial charge < -0.3 is 4.74 Å². The molecule has 0 amide bonds. The largest absolute Gasteiger partial charge is 0.495 e. The van der Waals surface area contributed by atoms with Crippen LogP contribution in [0.15, 0.2) is 18.2 Å². The number of carbonyl (C=O) groups excluding carboxylic acids is 1. The number of ketones is 1. The van der Waals surface area contributed by atoms with Gasteiger partial charge in [0.1, 0.15) is 11.7 Å². The number of halogens is 1. The van der Waals surface area contributed by atoms with E-state index in [1.165, 1.54) is 7.11 Å². The van der Waals surface area contributed by atoms with Crippen LogP contribution in [0.1, 0.15) is 31.2 Å². The van der Waals surface area contributed by atoms with Crippen LogP contribution >= 0.6 is 11.6 Å². The summed E-state index contributed by atoms with van der Waals surface area (Å²) in [7, 11) is 1.52. The predicted octanol–water partition coefficient (Wildman–Crippen LogP) is 3.32. The van der Waals surface area contributed by atoms with Gasteiger partial charge in [0.05, 0.1) is 18.2 Å². The molecule has 90 valence electrons. The van der Waals surface area contributed by atoms with Gasteiger partial charge in [-0.15, -0.1) is 0 Å². The molecule has 0 aliphatic heterocycles. The summed E-state index contributed by atoms with van der Waals surface area (Å²) in [4.78, 5) is 11.7. The molecule has 4 heteroatoms. The van der Waals surface area contributed by atoms with Gasteiger partial charge in [-0.05, 0) is 24.1 Å². The minimum atomic E-state index is -0.738. The van der Waals surface area contributed by atoms with Gasteiger partial charge in [-0.25, -0.2) is 0 Å². The van der Waals surface area contributed by atoms with Crippen LogP contribution in [0.5, 0.6) is 5.75 Å². The molecular weight excluding hydrogens is 238 g/mol. The molecule has 0 radical (unpaired) electrons. The first-order valence-electron chi connectivity index (χ1n) is 5.39. The maximum absolute atomic E-state index is 11.7. The van der Waals surface area contributed by atoms with Crippen LogP contribution in [0.25, 0.3) is 0 Å². The Balaban J connectivity index is 3.02. The van der Waals surface area contributed by atoms with Crippen LogP contribution in [0, 0.1) is 11.3 Å². The Hall–Kier alpha value is -1.53. The highest BCUT2D eigenvalue weighted by Gasteiger charge is 2.20. The first kappa shape index (κ1) is 13.5. The topological polar surface area (TPSA) is 50.1 Å². The van der Waals surface area contributed by atoms with Crippen molar-refractivity contribution in [3.63, 3.8) is 0 Å². The molecule has 0 aromatic heterocycles. The molecule has 0 N–H and O–H groups in total. The smallest absolute Gasteiger partial charge is 0.154 e. The minimum absolute atomic E-state index is 0.0729. The van der Waals surface area contributed by atoms with E-state index in [2.05, 4.69) is 0 Å². The third-order valence-corrected chi connectivity index (χ3v) is 2.75. The summed E-state index contributed by atoms with van der Waals surface area (Å²) < 4.78 is 5.02. The van der Waals surface area contributed by atoms with Crippen molar-refractivity contribution in [1.29, 1.82) is 5.26 Å². The highest BCUT2D eigenvalue weighted by Crippen LogP contribution is 2.29. The zero-order valence-electron chi connectivity index (χ0n) is 9.87. The van der Waals surface area contributed by atoms with E-state index >= 15 is 0 Å². The second-order valence-corrected chi connectivity index (χ2v) is 4.08. The molecule has 1 unspecified atom stereocenters. The monoisotopic (exact) mass is 251 g/mol. The zero-order chi connectivity index (χ0) is 12.8. The third-order valence-electron chi connectivity index (χ3n) is 2.46. The summed E-state index contributed by atoms with van der Waals surface area (Å²) in [6.07, 6.45) is 1.14. The summed E-state index contributed by atoms with van der Waals surface area (Å²) in [6, 6.07) is 7.00. The second kappa shape index (κ2) is 6.27. The van der Waals surface area contributed by atoms with Crippen molar-refractivity contribution in [1.82, 2.24) is 0 Å². The van der Waals surface area contributed by atoms with Gasteiger partial charge in [0.25, 0.3) is 0 Å². The predicted molar refractivity (Wildman–Crippen MR) is 66.3 cm³/mol. The van der Waals surface area contributed by atoms with E-state index < -0.39 is 5.92 Å². The normalized spacial score (nSPS) is 11.6. The van der Waals surface area contributed by atoms with Gasteiger partial charge in [0.15, 0.2) is 5.78 Å².